The van der Waals surface area contributed by atoms with E-state index in [1.54, 1.807) is 24.4 Å². The number of aliphatic hydroxyl groups is 1. The minimum Gasteiger partial charge on any atom is -0.390 e. The molecule has 0 aliphatic carbocycles. The van der Waals surface area contributed by atoms with Crippen molar-refractivity contribution in [1.29, 1.82) is 0 Å². The Balaban J connectivity index is 2.44. The van der Waals surface area contributed by atoms with Crippen molar-refractivity contribution in [3.63, 3.8) is 0 Å². The van der Waals surface area contributed by atoms with Crippen molar-refractivity contribution in [1.82, 2.24) is 4.98 Å². The lowest BCUT2D eigenvalue weighted by Crippen LogP contribution is -1.89. The van der Waals surface area contributed by atoms with E-state index in [0.717, 1.165) is 11.1 Å². The first-order valence-electron chi connectivity index (χ1n) is 4.61. The summed E-state index contributed by atoms with van der Waals surface area (Å²) in [6, 6.07) is 9.86. The Labute approximate surface area is 87.0 Å². The highest BCUT2D eigenvalue weighted by Crippen LogP contribution is 2.20. The molecule has 2 aromatic rings. The Morgan fingerprint density at radius 2 is 1.93 bits per heavy atom. The van der Waals surface area contributed by atoms with Gasteiger partial charge in [0.2, 0.25) is 0 Å². The normalized spacial score (nSPS) is 10.3. The highest BCUT2D eigenvalue weighted by atomic mass is 19.1. The molecule has 0 atom stereocenters. The number of nitrogens with zero attached hydrogens (tertiary/aromatic N) is 1. The van der Waals surface area contributed by atoms with Crippen LogP contribution in [-0.2, 0) is 6.61 Å². The molecule has 0 saturated carbocycles. The molecule has 2 nitrogen and oxygen atoms in total. The molecule has 3 heteroatoms. The summed E-state index contributed by atoms with van der Waals surface area (Å²) in [6.07, 6.45) is 1.60. The summed E-state index contributed by atoms with van der Waals surface area (Å²) in [5.41, 5.74) is 2.22. The molecule has 2 rings (SSSR count). The van der Waals surface area contributed by atoms with Crippen LogP contribution in [0.15, 0.2) is 42.6 Å². The Morgan fingerprint density at radius 1 is 1.13 bits per heavy atom. The van der Waals surface area contributed by atoms with Crippen LogP contribution in [0.25, 0.3) is 11.1 Å². The quantitative estimate of drug-likeness (QED) is 0.812. The van der Waals surface area contributed by atoms with Gasteiger partial charge in [0.05, 0.1) is 12.3 Å². The van der Waals surface area contributed by atoms with E-state index in [9.17, 15) is 4.39 Å². The number of hydrogen-bond donors (Lipinski definition) is 1. The minimum absolute atomic E-state index is 0.108. The fourth-order valence-electron chi connectivity index (χ4n) is 1.41. The molecule has 0 aliphatic heterocycles. The Bertz CT molecular complexity index is 471. The number of aliphatic hydroxyl groups excluding tert-OH is 1. The summed E-state index contributed by atoms with van der Waals surface area (Å²) in [5.74, 6) is -0.269. The van der Waals surface area contributed by atoms with Gasteiger partial charge in [-0.3, -0.25) is 4.98 Å². The van der Waals surface area contributed by atoms with E-state index in [4.69, 9.17) is 5.11 Å². The lowest BCUT2D eigenvalue weighted by Gasteiger charge is -2.02. The Morgan fingerprint density at radius 3 is 2.67 bits per heavy atom. The third kappa shape index (κ3) is 2.19. The van der Waals surface area contributed by atoms with E-state index in [1.807, 2.05) is 6.07 Å². The van der Waals surface area contributed by atoms with Gasteiger partial charge in [-0.25, -0.2) is 4.39 Å². The van der Waals surface area contributed by atoms with Crippen LogP contribution in [0.3, 0.4) is 0 Å². The van der Waals surface area contributed by atoms with E-state index in [-0.39, 0.29) is 12.4 Å². The van der Waals surface area contributed by atoms with Crippen molar-refractivity contribution in [3.8, 4) is 11.1 Å². The van der Waals surface area contributed by atoms with Crippen LogP contribution in [-0.4, -0.2) is 10.1 Å². The largest absolute Gasteiger partial charge is 0.390 e. The molecule has 15 heavy (non-hydrogen) atoms. The fraction of sp³-hybridized carbons (Fsp3) is 0.0833. The molecule has 0 fully saturated rings. The molecule has 0 unspecified atom stereocenters. The second kappa shape index (κ2) is 4.19. The molecule has 0 aliphatic rings. The summed E-state index contributed by atoms with van der Waals surface area (Å²) in [5, 5.41) is 8.93. The maximum absolute atomic E-state index is 13.0. The van der Waals surface area contributed by atoms with Crippen molar-refractivity contribution in [2.45, 2.75) is 6.61 Å². The van der Waals surface area contributed by atoms with Crippen LogP contribution in [0.4, 0.5) is 4.39 Å². The molecule has 0 bridgehead atoms. The molecule has 76 valence electrons. The summed E-state index contributed by atoms with van der Waals surface area (Å²) < 4.78 is 13.0. The van der Waals surface area contributed by atoms with Crippen molar-refractivity contribution in [2.24, 2.45) is 0 Å². The van der Waals surface area contributed by atoms with E-state index < -0.39 is 0 Å². The van der Waals surface area contributed by atoms with Gasteiger partial charge in [0.1, 0.15) is 5.82 Å². The predicted octanol–water partition coefficient (Wildman–Crippen LogP) is 2.38. The topological polar surface area (TPSA) is 33.1 Å². The molecule has 0 saturated heterocycles. The first kappa shape index (κ1) is 9.80. The first-order valence-corrected chi connectivity index (χ1v) is 4.61. The lowest BCUT2D eigenvalue weighted by atomic mass is 10.1. The van der Waals surface area contributed by atoms with Gasteiger partial charge in [-0.05, 0) is 35.4 Å². The van der Waals surface area contributed by atoms with Crippen molar-refractivity contribution in [2.75, 3.05) is 0 Å². The van der Waals surface area contributed by atoms with Crippen LogP contribution < -0.4 is 0 Å². The highest BCUT2D eigenvalue weighted by molar-refractivity contribution is 5.63. The summed E-state index contributed by atoms with van der Waals surface area (Å²) >= 11 is 0. The van der Waals surface area contributed by atoms with E-state index in [2.05, 4.69) is 4.98 Å². The summed E-state index contributed by atoms with van der Waals surface area (Å²) in [4.78, 5) is 3.96. The number of rotatable bonds is 2. The average Bonchev–Trinajstić information content (AvgIpc) is 2.29. The number of aromatic nitrogens is 1. The minimum atomic E-state index is -0.269. The number of benzene rings is 1. The van der Waals surface area contributed by atoms with Crippen LogP contribution in [0.5, 0.6) is 0 Å². The zero-order valence-electron chi connectivity index (χ0n) is 8.02. The molecule has 1 aromatic carbocycles. The SMILES string of the molecule is OCc1cc(-c2cccc(F)c2)ccn1. The Hall–Kier alpha value is -1.74. The number of halogens is 1. The van der Waals surface area contributed by atoms with Crippen LogP contribution >= 0.6 is 0 Å². The third-order valence-electron chi connectivity index (χ3n) is 2.14. The van der Waals surface area contributed by atoms with Gasteiger partial charge < -0.3 is 5.11 Å². The smallest absolute Gasteiger partial charge is 0.123 e. The molecular weight excluding hydrogens is 193 g/mol. The molecule has 0 radical (unpaired) electrons. The first-order chi connectivity index (χ1) is 7.29. The van der Waals surface area contributed by atoms with Gasteiger partial charge in [0, 0.05) is 6.20 Å². The maximum Gasteiger partial charge on any atom is 0.123 e. The Kier molecular flexibility index (Phi) is 2.74. The molecule has 0 spiro atoms. The summed E-state index contributed by atoms with van der Waals surface area (Å²) in [7, 11) is 0. The standard InChI is InChI=1S/C12H10FNO/c13-11-3-1-2-9(6-11)10-4-5-14-12(7-10)8-15/h1-7,15H,8H2. The van der Waals surface area contributed by atoms with Crippen LogP contribution in [0, 0.1) is 5.82 Å². The van der Waals surface area contributed by atoms with Crippen molar-refractivity contribution in [3.05, 3.63) is 54.1 Å². The third-order valence-corrected chi connectivity index (χ3v) is 2.14. The molecular formula is C12H10FNO. The number of hydrogen-bond acceptors (Lipinski definition) is 2. The zero-order chi connectivity index (χ0) is 10.7. The predicted molar refractivity (Wildman–Crippen MR) is 55.6 cm³/mol. The van der Waals surface area contributed by atoms with E-state index in [0.29, 0.717) is 5.69 Å². The second-order valence-electron chi connectivity index (χ2n) is 3.20. The van der Waals surface area contributed by atoms with Gasteiger partial charge in [-0.1, -0.05) is 12.1 Å². The van der Waals surface area contributed by atoms with Gasteiger partial charge in [-0.2, -0.15) is 0 Å². The summed E-state index contributed by atoms with van der Waals surface area (Å²) in [6.45, 7) is -0.108. The van der Waals surface area contributed by atoms with Gasteiger partial charge in [0.15, 0.2) is 0 Å². The van der Waals surface area contributed by atoms with Gasteiger partial charge in [0.25, 0.3) is 0 Å². The number of pyridine rings is 1. The highest BCUT2D eigenvalue weighted by Gasteiger charge is 2.00. The van der Waals surface area contributed by atoms with E-state index in [1.165, 1.54) is 12.1 Å². The van der Waals surface area contributed by atoms with Crippen molar-refractivity contribution >= 4 is 0 Å². The van der Waals surface area contributed by atoms with E-state index >= 15 is 0 Å². The molecule has 0 amide bonds. The van der Waals surface area contributed by atoms with Crippen LogP contribution in [0.1, 0.15) is 5.69 Å². The second-order valence-corrected chi connectivity index (χ2v) is 3.20. The molecule has 1 heterocycles. The monoisotopic (exact) mass is 203 g/mol. The van der Waals surface area contributed by atoms with Gasteiger partial charge in [-0.15, -0.1) is 0 Å². The van der Waals surface area contributed by atoms with Gasteiger partial charge >= 0.3 is 0 Å². The average molecular weight is 203 g/mol. The fourth-order valence-corrected chi connectivity index (χ4v) is 1.41. The molecule has 1 aromatic heterocycles. The van der Waals surface area contributed by atoms with Crippen LogP contribution in [0.2, 0.25) is 0 Å². The zero-order valence-corrected chi connectivity index (χ0v) is 8.02. The van der Waals surface area contributed by atoms with Crippen molar-refractivity contribution < 1.29 is 9.50 Å². The lowest BCUT2D eigenvalue weighted by molar-refractivity contribution is 0.277. The molecule has 1 N–H and O–H groups in total. The maximum atomic E-state index is 13.0.